The molecule has 0 bridgehead atoms. The molecule has 7 nitrogen and oxygen atoms in total. The number of likely N-dealkylation sites (N-methyl/N-ethyl adjacent to an activating group) is 1. The van der Waals surface area contributed by atoms with Crippen molar-refractivity contribution in [1.29, 1.82) is 0 Å². The first kappa shape index (κ1) is 25.3. The van der Waals surface area contributed by atoms with Gasteiger partial charge in [-0.05, 0) is 31.2 Å². The second kappa shape index (κ2) is 10.5. The van der Waals surface area contributed by atoms with Crippen molar-refractivity contribution >= 4 is 62.3 Å². The number of carbonyl (C=O) groups is 2. The number of nitrogens with one attached hydrogen (secondary N) is 1. The minimum Gasteiger partial charge on any atom is -0.357 e. The van der Waals surface area contributed by atoms with Crippen molar-refractivity contribution in [3.8, 4) is 0 Å². The number of anilines is 1. The maximum absolute atomic E-state index is 13.3. The summed E-state index contributed by atoms with van der Waals surface area (Å²) in [7, 11) is -2.42. The molecular formula is C20H22Cl3N3O4S. The van der Waals surface area contributed by atoms with Gasteiger partial charge in [-0.15, -0.1) is 0 Å². The van der Waals surface area contributed by atoms with E-state index in [0.29, 0.717) is 15.6 Å². The molecule has 0 aliphatic heterocycles. The lowest BCUT2D eigenvalue weighted by Crippen LogP contribution is -2.50. The molecule has 2 aromatic rings. The zero-order valence-corrected chi connectivity index (χ0v) is 20.2. The topological polar surface area (TPSA) is 86.8 Å². The van der Waals surface area contributed by atoms with Crippen LogP contribution in [0.3, 0.4) is 0 Å². The zero-order valence-electron chi connectivity index (χ0n) is 17.1. The first-order valence-electron chi connectivity index (χ1n) is 9.13. The van der Waals surface area contributed by atoms with Gasteiger partial charge in [0.25, 0.3) is 0 Å². The Morgan fingerprint density at radius 1 is 1.00 bits per heavy atom. The number of hydrogen-bond donors (Lipinski definition) is 1. The number of benzene rings is 2. The molecule has 2 aromatic carbocycles. The average molecular weight is 507 g/mol. The van der Waals surface area contributed by atoms with Gasteiger partial charge >= 0.3 is 0 Å². The van der Waals surface area contributed by atoms with Crippen LogP contribution in [-0.2, 0) is 26.2 Å². The van der Waals surface area contributed by atoms with E-state index in [1.165, 1.54) is 31.0 Å². The zero-order chi connectivity index (χ0) is 23.3. The predicted molar refractivity (Wildman–Crippen MR) is 124 cm³/mol. The molecule has 0 saturated carbocycles. The van der Waals surface area contributed by atoms with E-state index in [-0.39, 0.29) is 17.3 Å². The number of carbonyl (C=O) groups excluding carboxylic acids is 2. The molecule has 0 saturated heterocycles. The molecule has 31 heavy (non-hydrogen) atoms. The van der Waals surface area contributed by atoms with Crippen LogP contribution in [0.25, 0.3) is 0 Å². The quantitative estimate of drug-likeness (QED) is 0.593. The van der Waals surface area contributed by atoms with Gasteiger partial charge in [-0.1, -0.05) is 53.0 Å². The molecule has 0 aromatic heterocycles. The summed E-state index contributed by atoms with van der Waals surface area (Å²) in [4.78, 5) is 26.8. The van der Waals surface area contributed by atoms with Crippen LogP contribution in [0.4, 0.5) is 5.69 Å². The molecule has 2 amide bonds. The lowest BCUT2D eigenvalue weighted by Gasteiger charge is -2.31. The van der Waals surface area contributed by atoms with Gasteiger partial charge in [-0.3, -0.25) is 13.9 Å². The monoisotopic (exact) mass is 505 g/mol. The Balaban J connectivity index is 2.46. The summed E-state index contributed by atoms with van der Waals surface area (Å²) >= 11 is 18.7. The minimum absolute atomic E-state index is 0.0912. The van der Waals surface area contributed by atoms with Gasteiger partial charge in [0, 0.05) is 29.2 Å². The Kier molecular flexibility index (Phi) is 8.59. The van der Waals surface area contributed by atoms with E-state index in [2.05, 4.69) is 5.32 Å². The Labute approximate surface area is 196 Å². The molecule has 0 unspecified atom stereocenters. The highest BCUT2D eigenvalue weighted by atomic mass is 35.5. The highest BCUT2D eigenvalue weighted by molar-refractivity contribution is 7.92. The lowest BCUT2D eigenvalue weighted by atomic mass is 10.1. The smallest absolute Gasteiger partial charge is 0.244 e. The van der Waals surface area contributed by atoms with E-state index in [4.69, 9.17) is 34.8 Å². The third-order valence-electron chi connectivity index (χ3n) is 4.60. The number of hydrogen-bond acceptors (Lipinski definition) is 4. The van der Waals surface area contributed by atoms with E-state index in [9.17, 15) is 18.0 Å². The predicted octanol–water partition coefficient (Wildman–Crippen LogP) is 3.58. The lowest BCUT2D eigenvalue weighted by molar-refractivity contribution is -0.139. The highest BCUT2D eigenvalue weighted by Crippen LogP contribution is 2.29. The third kappa shape index (κ3) is 6.26. The number of rotatable bonds is 8. The Morgan fingerprint density at radius 3 is 2.06 bits per heavy atom. The molecule has 0 aliphatic carbocycles. The van der Waals surface area contributed by atoms with Crippen LogP contribution in [-0.4, -0.2) is 51.0 Å². The second-order valence-electron chi connectivity index (χ2n) is 6.73. The van der Waals surface area contributed by atoms with Crippen molar-refractivity contribution in [2.24, 2.45) is 0 Å². The van der Waals surface area contributed by atoms with Crippen LogP contribution in [0.2, 0.25) is 15.1 Å². The molecule has 11 heteroatoms. The van der Waals surface area contributed by atoms with E-state index in [1.54, 1.807) is 30.3 Å². The number of halogens is 3. The Morgan fingerprint density at radius 2 is 1.55 bits per heavy atom. The van der Waals surface area contributed by atoms with Gasteiger partial charge < -0.3 is 10.2 Å². The molecule has 0 fully saturated rings. The molecule has 0 aliphatic rings. The van der Waals surface area contributed by atoms with Gasteiger partial charge in [0.15, 0.2) is 0 Å². The normalized spacial score (nSPS) is 12.2. The summed E-state index contributed by atoms with van der Waals surface area (Å²) in [5.74, 6) is -1.06. The Bertz CT molecular complexity index is 1060. The van der Waals surface area contributed by atoms with Crippen LogP contribution in [0.1, 0.15) is 12.5 Å². The largest absolute Gasteiger partial charge is 0.357 e. The van der Waals surface area contributed by atoms with Gasteiger partial charge in [-0.2, -0.15) is 0 Å². The van der Waals surface area contributed by atoms with Gasteiger partial charge in [0.05, 0.1) is 17.0 Å². The fourth-order valence-electron chi connectivity index (χ4n) is 2.89. The van der Waals surface area contributed by atoms with E-state index >= 15 is 0 Å². The SMILES string of the molecule is CNC(=O)[C@@H](C)N(Cc1c(Cl)cccc1Cl)C(=O)CN(c1ccccc1Cl)S(C)(=O)=O. The van der Waals surface area contributed by atoms with Crippen molar-refractivity contribution in [1.82, 2.24) is 10.2 Å². The minimum atomic E-state index is -3.86. The molecule has 1 N–H and O–H groups in total. The summed E-state index contributed by atoms with van der Waals surface area (Å²) in [6, 6.07) is 10.2. The van der Waals surface area contributed by atoms with E-state index in [1.807, 2.05) is 0 Å². The standard InChI is InChI=1S/C20H22Cl3N3O4S/c1-13(20(28)24-2)25(11-14-15(21)8-6-9-16(14)22)19(27)12-26(31(3,29)30)18-10-5-4-7-17(18)23/h4-10,13H,11-12H2,1-3H3,(H,24,28)/t13-/m1/s1. The maximum atomic E-state index is 13.3. The second-order valence-corrected chi connectivity index (χ2v) is 9.86. The van der Waals surface area contributed by atoms with Crippen molar-refractivity contribution < 1.29 is 18.0 Å². The molecular weight excluding hydrogens is 485 g/mol. The average Bonchev–Trinajstić information content (AvgIpc) is 2.70. The number of para-hydroxylation sites is 1. The van der Waals surface area contributed by atoms with E-state index in [0.717, 1.165) is 10.6 Å². The number of amides is 2. The van der Waals surface area contributed by atoms with Crippen LogP contribution in [0, 0.1) is 0 Å². The van der Waals surface area contributed by atoms with Crippen molar-refractivity contribution in [3.63, 3.8) is 0 Å². The van der Waals surface area contributed by atoms with Crippen LogP contribution >= 0.6 is 34.8 Å². The number of sulfonamides is 1. The summed E-state index contributed by atoms with van der Waals surface area (Å²) in [5, 5.41) is 3.29. The van der Waals surface area contributed by atoms with Crippen molar-refractivity contribution in [2.45, 2.75) is 19.5 Å². The van der Waals surface area contributed by atoms with Gasteiger partial charge in [0.1, 0.15) is 12.6 Å². The molecule has 0 heterocycles. The molecule has 2 rings (SSSR count). The maximum Gasteiger partial charge on any atom is 0.244 e. The first-order chi connectivity index (χ1) is 14.5. The summed E-state index contributed by atoms with van der Waals surface area (Å²) in [6.45, 7) is 0.875. The highest BCUT2D eigenvalue weighted by Gasteiger charge is 2.31. The van der Waals surface area contributed by atoms with Crippen molar-refractivity contribution in [2.75, 3.05) is 24.2 Å². The van der Waals surface area contributed by atoms with Crippen molar-refractivity contribution in [3.05, 3.63) is 63.1 Å². The molecule has 0 radical (unpaired) electrons. The summed E-state index contributed by atoms with van der Waals surface area (Å²) in [5.41, 5.74) is 0.599. The third-order valence-corrected chi connectivity index (χ3v) is 6.76. The van der Waals surface area contributed by atoms with Crippen LogP contribution < -0.4 is 9.62 Å². The van der Waals surface area contributed by atoms with E-state index < -0.39 is 34.4 Å². The molecule has 1 atom stereocenters. The number of nitrogens with zero attached hydrogens (tertiary/aromatic N) is 2. The fourth-order valence-corrected chi connectivity index (χ4v) is 4.56. The molecule has 168 valence electrons. The summed E-state index contributed by atoms with van der Waals surface area (Å²) < 4.78 is 25.8. The van der Waals surface area contributed by atoms with Gasteiger partial charge in [0.2, 0.25) is 21.8 Å². The fraction of sp³-hybridized carbons (Fsp3) is 0.300. The van der Waals surface area contributed by atoms with Crippen LogP contribution in [0.15, 0.2) is 42.5 Å². The molecule has 0 spiro atoms. The first-order valence-corrected chi connectivity index (χ1v) is 12.1. The Hall–Kier alpha value is -2.00. The van der Waals surface area contributed by atoms with Gasteiger partial charge in [-0.25, -0.2) is 8.42 Å². The summed E-state index contributed by atoms with van der Waals surface area (Å²) in [6.07, 6.45) is 0.973. The van der Waals surface area contributed by atoms with Crippen LogP contribution in [0.5, 0.6) is 0 Å².